The molecule has 3 rings (SSSR count). The van der Waals surface area contributed by atoms with E-state index < -0.39 is 6.09 Å². The number of halogens is 1. The highest BCUT2D eigenvalue weighted by Crippen LogP contribution is 2.34. The molecule has 5 nitrogen and oxygen atoms in total. The van der Waals surface area contributed by atoms with Gasteiger partial charge < -0.3 is 9.47 Å². The molecule has 0 fully saturated rings. The molecule has 0 unspecified atom stereocenters. The summed E-state index contributed by atoms with van der Waals surface area (Å²) >= 11 is 6.11. The summed E-state index contributed by atoms with van der Waals surface area (Å²) < 4.78 is 9.97. The second-order valence-corrected chi connectivity index (χ2v) is 4.93. The summed E-state index contributed by atoms with van der Waals surface area (Å²) in [5.74, 6) is 1.26. The molecule has 0 radical (unpaired) electrons. The van der Waals surface area contributed by atoms with E-state index in [0.29, 0.717) is 23.1 Å². The number of aromatic nitrogens is 1. The molecule has 0 atom stereocenters. The highest BCUT2D eigenvalue weighted by Gasteiger charge is 2.27. The maximum atomic E-state index is 11.7. The number of amides is 1. The number of nitrogens with zero attached hydrogens (tertiary/aromatic N) is 2. The number of hydrogen-bond donors (Lipinski definition) is 0. The quantitative estimate of drug-likeness (QED) is 0.811. The van der Waals surface area contributed by atoms with E-state index in [1.54, 1.807) is 13.2 Å². The molecule has 6 heteroatoms. The SMILES string of the molecule is COC(=O)N1CCc2cc3cc(OC)c(Cl)cc3nc21. The first-order valence-corrected chi connectivity index (χ1v) is 6.54. The van der Waals surface area contributed by atoms with E-state index in [0.717, 1.165) is 22.9 Å². The van der Waals surface area contributed by atoms with Crippen molar-refractivity contribution >= 4 is 34.4 Å². The minimum absolute atomic E-state index is 0.393. The van der Waals surface area contributed by atoms with Crippen molar-refractivity contribution in [1.29, 1.82) is 0 Å². The summed E-state index contributed by atoms with van der Waals surface area (Å²) in [7, 11) is 2.94. The zero-order valence-electron chi connectivity index (χ0n) is 11.1. The van der Waals surface area contributed by atoms with E-state index in [9.17, 15) is 4.79 Å². The number of hydrogen-bond acceptors (Lipinski definition) is 4. The highest BCUT2D eigenvalue weighted by atomic mass is 35.5. The van der Waals surface area contributed by atoms with Gasteiger partial charge in [-0.25, -0.2) is 9.78 Å². The second kappa shape index (κ2) is 4.83. The van der Waals surface area contributed by atoms with Crippen LogP contribution in [0.1, 0.15) is 5.56 Å². The van der Waals surface area contributed by atoms with Gasteiger partial charge >= 0.3 is 6.09 Å². The van der Waals surface area contributed by atoms with Gasteiger partial charge in [0.2, 0.25) is 0 Å². The molecule has 0 bridgehead atoms. The molecule has 2 heterocycles. The molecule has 1 aromatic heterocycles. The number of rotatable bonds is 1. The van der Waals surface area contributed by atoms with Gasteiger partial charge in [-0.2, -0.15) is 0 Å². The van der Waals surface area contributed by atoms with Gasteiger partial charge in [0.05, 0.1) is 24.8 Å². The first-order chi connectivity index (χ1) is 9.63. The topological polar surface area (TPSA) is 51.7 Å². The molecular formula is C14H13ClN2O3. The molecule has 1 aliphatic rings. The highest BCUT2D eigenvalue weighted by molar-refractivity contribution is 6.32. The van der Waals surface area contributed by atoms with Gasteiger partial charge in [-0.1, -0.05) is 11.6 Å². The Kier molecular flexibility index (Phi) is 3.14. The Morgan fingerprint density at radius 1 is 1.35 bits per heavy atom. The van der Waals surface area contributed by atoms with Crippen LogP contribution in [-0.2, 0) is 11.2 Å². The van der Waals surface area contributed by atoms with Crippen molar-refractivity contribution in [2.24, 2.45) is 0 Å². The molecule has 1 aromatic carbocycles. The number of benzene rings is 1. The van der Waals surface area contributed by atoms with Crippen molar-refractivity contribution in [2.45, 2.75) is 6.42 Å². The average molecular weight is 293 g/mol. The Balaban J connectivity index is 2.15. The summed E-state index contributed by atoms with van der Waals surface area (Å²) in [6.45, 7) is 0.580. The largest absolute Gasteiger partial charge is 0.495 e. The van der Waals surface area contributed by atoms with Gasteiger partial charge in [0, 0.05) is 11.9 Å². The number of ether oxygens (including phenoxy) is 2. The average Bonchev–Trinajstić information content (AvgIpc) is 2.86. The van der Waals surface area contributed by atoms with E-state index in [1.807, 2.05) is 12.1 Å². The monoisotopic (exact) mass is 292 g/mol. The fourth-order valence-electron chi connectivity index (χ4n) is 2.41. The zero-order chi connectivity index (χ0) is 14.3. The second-order valence-electron chi connectivity index (χ2n) is 4.52. The van der Waals surface area contributed by atoms with E-state index in [2.05, 4.69) is 4.98 Å². The van der Waals surface area contributed by atoms with Gasteiger partial charge in [0.1, 0.15) is 11.6 Å². The van der Waals surface area contributed by atoms with Crippen molar-refractivity contribution in [2.75, 3.05) is 25.7 Å². The van der Waals surface area contributed by atoms with Crippen LogP contribution in [-0.4, -0.2) is 31.8 Å². The van der Waals surface area contributed by atoms with Gasteiger partial charge in [0.15, 0.2) is 0 Å². The third-order valence-electron chi connectivity index (χ3n) is 3.40. The number of pyridine rings is 1. The lowest BCUT2D eigenvalue weighted by Crippen LogP contribution is -2.29. The van der Waals surface area contributed by atoms with Crippen LogP contribution in [0.2, 0.25) is 5.02 Å². The summed E-state index contributed by atoms with van der Waals surface area (Å²) in [5, 5.41) is 1.44. The van der Waals surface area contributed by atoms with Crippen LogP contribution in [0.25, 0.3) is 10.9 Å². The summed E-state index contributed by atoms with van der Waals surface area (Å²) in [5.41, 5.74) is 1.75. The molecule has 0 saturated carbocycles. The van der Waals surface area contributed by atoms with Crippen LogP contribution in [0.5, 0.6) is 5.75 Å². The number of carbonyl (C=O) groups is 1. The van der Waals surface area contributed by atoms with Crippen LogP contribution in [0.15, 0.2) is 18.2 Å². The molecule has 2 aromatic rings. The minimum Gasteiger partial charge on any atom is -0.495 e. The standard InChI is InChI=1S/C14H13ClN2O3/c1-19-12-6-9-5-8-3-4-17(14(18)20-2)13(8)16-11(9)7-10(12)15/h5-7H,3-4H2,1-2H3. The first kappa shape index (κ1) is 13.0. The van der Waals surface area contributed by atoms with Crippen molar-refractivity contribution in [3.8, 4) is 5.75 Å². The van der Waals surface area contributed by atoms with Gasteiger partial charge in [0.25, 0.3) is 0 Å². The minimum atomic E-state index is -0.393. The third-order valence-corrected chi connectivity index (χ3v) is 3.70. The van der Waals surface area contributed by atoms with Crippen LogP contribution < -0.4 is 9.64 Å². The predicted molar refractivity (Wildman–Crippen MR) is 76.8 cm³/mol. The Labute approximate surface area is 121 Å². The zero-order valence-corrected chi connectivity index (χ0v) is 11.9. The molecular weight excluding hydrogens is 280 g/mol. The van der Waals surface area contributed by atoms with Crippen molar-refractivity contribution in [1.82, 2.24) is 4.98 Å². The number of fused-ring (bicyclic) bond motifs is 2. The Morgan fingerprint density at radius 3 is 2.85 bits per heavy atom. The van der Waals surface area contributed by atoms with Gasteiger partial charge in [-0.15, -0.1) is 0 Å². The van der Waals surface area contributed by atoms with Crippen LogP contribution in [0.3, 0.4) is 0 Å². The number of anilines is 1. The Hall–Kier alpha value is -2.01. The van der Waals surface area contributed by atoms with Crippen LogP contribution in [0.4, 0.5) is 10.6 Å². The van der Waals surface area contributed by atoms with Crippen molar-refractivity contribution in [3.05, 3.63) is 28.8 Å². The number of carbonyl (C=O) groups excluding carboxylic acids is 1. The third kappa shape index (κ3) is 1.94. The number of methoxy groups -OCH3 is 2. The Bertz CT molecular complexity index is 702. The summed E-state index contributed by atoms with van der Waals surface area (Å²) in [4.78, 5) is 17.8. The molecule has 0 N–H and O–H groups in total. The van der Waals surface area contributed by atoms with Gasteiger partial charge in [-0.3, -0.25) is 4.90 Å². The summed E-state index contributed by atoms with van der Waals surface area (Å²) in [6.07, 6.45) is 0.369. The fourth-order valence-corrected chi connectivity index (χ4v) is 2.64. The lowest BCUT2D eigenvalue weighted by Gasteiger charge is -2.15. The molecule has 0 spiro atoms. The molecule has 0 aliphatic carbocycles. The molecule has 104 valence electrons. The van der Waals surface area contributed by atoms with E-state index >= 15 is 0 Å². The predicted octanol–water partition coefficient (Wildman–Crippen LogP) is 3.03. The normalized spacial score (nSPS) is 13.4. The molecule has 0 saturated heterocycles. The maximum Gasteiger partial charge on any atom is 0.415 e. The van der Waals surface area contributed by atoms with Crippen molar-refractivity contribution < 1.29 is 14.3 Å². The van der Waals surface area contributed by atoms with E-state index in [4.69, 9.17) is 21.1 Å². The van der Waals surface area contributed by atoms with Crippen molar-refractivity contribution in [3.63, 3.8) is 0 Å². The van der Waals surface area contributed by atoms with Crippen LogP contribution >= 0.6 is 11.6 Å². The fraction of sp³-hybridized carbons (Fsp3) is 0.286. The van der Waals surface area contributed by atoms with E-state index in [-0.39, 0.29) is 0 Å². The maximum absolute atomic E-state index is 11.7. The molecule has 20 heavy (non-hydrogen) atoms. The Morgan fingerprint density at radius 2 is 2.15 bits per heavy atom. The summed E-state index contributed by atoms with van der Waals surface area (Å²) in [6, 6.07) is 5.61. The first-order valence-electron chi connectivity index (χ1n) is 6.16. The lowest BCUT2D eigenvalue weighted by atomic mass is 10.1. The van der Waals surface area contributed by atoms with Crippen LogP contribution in [0, 0.1) is 0 Å². The molecule has 1 amide bonds. The molecule has 1 aliphatic heterocycles. The van der Waals surface area contributed by atoms with E-state index in [1.165, 1.54) is 12.0 Å². The lowest BCUT2D eigenvalue weighted by molar-refractivity contribution is 0.179. The van der Waals surface area contributed by atoms with Gasteiger partial charge in [-0.05, 0) is 30.2 Å². The smallest absolute Gasteiger partial charge is 0.415 e.